The molecule has 0 saturated heterocycles. The van der Waals surface area contributed by atoms with Gasteiger partial charge in [0.05, 0.1) is 0 Å². The zero-order valence-electron chi connectivity index (χ0n) is 60.7. The van der Waals surface area contributed by atoms with Crippen molar-refractivity contribution in [3.8, 4) is 0 Å². The summed E-state index contributed by atoms with van der Waals surface area (Å²) in [6, 6.07) is 0. The predicted octanol–water partition coefficient (Wildman–Crippen LogP) is 18.2. The van der Waals surface area contributed by atoms with Crippen molar-refractivity contribution in [2.24, 2.45) is 163 Å². The van der Waals surface area contributed by atoms with E-state index in [2.05, 4.69) is 90.0 Å². The normalized spacial score (nSPS) is 45.6. The molecular formula is C81H130O9S2. The highest BCUT2D eigenvalue weighted by Gasteiger charge is 2.68. The van der Waals surface area contributed by atoms with Gasteiger partial charge in [0.25, 0.3) is 0 Å². The van der Waals surface area contributed by atoms with Crippen LogP contribution in [0.5, 0.6) is 0 Å². The van der Waals surface area contributed by atoms with Crippen molar-refractivity contribution in [2.45, 2.75) is 291 Å². The second kappa shape index (κ2) is 28.5. The highest BCUT2D eigenvalue weighted by atomic mass is 32.1. The summed E-state index contributed by atoms with van der Waals surface area (Å²) in [7, 11) is 0. The second-order valence-electron chi connectivity index (χ2n) is 36.2. The molecule has 92 heavy (non-hydrogen) atoms. The van der Waals surface area contributed by atoms with Crippen LogP contribution in [0.3, 0.4) is 0 Å². The van der Waals surface area contributed by atoms with E-state index in [0.717, 1.165) is 77.0 Å². The SMILES string of the molecule is CC(=O)[C@@H](C)C[C@@H](C)[C@H]1CCC2C3C(=O)CC4CC(=O)CC[C@]4(C)C3CC[C@@]21C.CC[C@H]1C(=O)C2C(CC[C@@]3(C)C2CC[C@@H]3[C@H](C)CCC(C)=O)[C@@]2(C)CCC(=O)CC12.CC[C@H]1C(=O)C2C(CC[C@@]3(C)C2CC[C@@H]3[C@H](C)C[C@H](C)C(C)=O)[C@@]2(C)CCC(=O)CC12.S.S. The van der Waals surface area contributed by atoms with Gasteiger partial charge in [0.1, 0.15) is 52.0 Å². The van der Waals surface area contributed by atoms with E-state index in [1.54, 1.807) is 20.8 Å². The molecular weight excluding hydrogens is 1180 g/mol. The molecule has 0 heterocycles. The van der Waals surface area contributed by atoms with Crippen molar-refractivity contribution in [1.29, 1.82) is 0 Å². The Balaban J connectivity index is 0.000000176. The minimum absolute atomic E-state index is 0. The summed E-state index contributed by atoms with van der Waals surface area (Å²) in [5, 5.41) is 0. The van der Waals surface area contributed by atoms with Crippen LogP contribution >= 0.6 is 27.0 Å². The number of carbonyl (C=O) groups excluding carboxylic acids is 9. The van der Waals surface area contributed by atoms with Gasteiger partial charge in [0.2, 0.25) is 0 Å². The van der Waals surface area contributed by atoms with Gasteiger partial charge in [-0.2, -0.15) is 27.0 Å². The number of hydrogen-bond donors (Lipinski definition) is 0. The molecule has 0 spiro atoms. The molecule has 12 rings (SSSR count). The molecule has 0 N–H and O–H groups in total. The van der Waals surface area contributed by atoms with Crippen molar-refractivity contribution in [2.75, 3.05) is 0 Å². The topological polar surface area (TPSA) is 154 Å². The van der Waals surface area contributed by atoms with Crippen molar-refractivity contribution in [1.82, 2.24) is 0 Å². The minimum atomic E-state index is 0. The number of ketones is 9. The fourth-order valence-corrected chi connectivity index (χ4v) is 26.9. The lowest BCUT2D eigenvalue weighted by molar-refractivity contribution is -0.170. The fourth-order valence-electron chi connectivity index (χ4n) is 26.9. The Morgan fingerprint density at radius 2 is 0.739 bits per heavy atom. The van der Waals surface area contributed by atoms with Gasteiger partial charge in [-0.05, 0) is 270 Å². The van der Waals surface area contributed by atoms with Gasteiger partial charge in [-0.15, -0.1) is 0 Å². The predicted molar refractivity (Wildman–Crippen MR) is 377 cm³/mol. The lowest BCUT2D eigenvalue weighted by Gasteiger charge is -2.61. The third kappa shape index (κ3) is 13.0. The van der Waals surface area contributed by atoms with Crippen LogP contribution in [0, 0.1) is 163 Å². The van der Waals surface area contributed by atoms with Crippen LogP contribution in [-0.2, 0) is 43.2 Å². The van der Waals surface area contributed by atoms with Crippen molar-refractivity contribution >= 4 is 79.0 Å². The molecule has 12 aliphatic rings. The zero-order valence-corrected chi connectivity index (χ0v) is 62.7. The summed E-state index contributed by atoms with van der Waals surface area (Å²) in [6.45, 7) is 35.3. The highest BCUT2D eigenvalue weighted by molar-refractivity contribution is 7.59. The molecule has 0 amide bonds. The van der Waals surface area contributed by atoms with Crippen molar-refractivity contribution in [3.63, 3.8) is 0 Å². The standard InChI is InChI=1S/C28H44O3.C27H42O3.C26H40O3.2H2S/c1-7-20-24-15-19(30)10-12-28(24,6)23-11-13-27(5)21(17(3)14-16(2)18(4)29)8-9-22(27)25(23)26(20)31;1-6-19-23-15-18(29)11-13-27(23,5)22-12-14-26(4)20(16(2)7-8-17(3)28)9-10-21(26)24(22)25(19)30;1-15(17(3)27)12-16(2)20-6-7-21-24-22(9-11-26(20,21)5)25(4)10-8-19(28)13-18(25)14-23(24)29;;/h16-17,20-25H,7-15H2,1-6H3;16,19-24H,6-15H2,1-5H3;15-16,18,20-22,24H,6-14H2,1-5H3;2*1H2/t16-,17+,20+,21+,22?,23?,24?,25?,27+,28+;16-,19-,20-,21?,22?,23?,24?,26-,27-;15-,16+,18?,20+,21?,22?,24?,25-,26+;;/m010../s1. The maximum absolute atomic E-state index is 14.0. The summed E-state index contributed by atoms with van der Waals surface area (Å²) in [5.74, 6) is 11.8. The van der Waals surface area contributed by atoms with Gasteiger partial charge in [-0.1, -0.05) is 90.0 Å². The van der Waals surface area contributed by atoms with E-state index >= 15 is 0 Å². The summed E-state index contributed by atoms with van der Waals surface area (Å²) in [6.07, 6.45) is 27.3. The maximum atomic E-state index is 14.0. The first kappa shape index (κ1) is 75.5. The highest BCUT2D eigenvalue weighted by Crippen LogP contribution is 2.72. The van der Waals surface area contributed by atoms with E-state index in [1.807, 2.05) is 0 Å². The maximum Gasteiger partial charge on any atom is 0.139 e. The molecule has 0 radical (unpaired) electrons. The van der Waals surface area contributed by atoms with Gasteiger partial charge in [0.15, 0.2) is 0 Å². The molecule has 12 fully saturated rings. The van der Waals surface area contributed by atoms with Crippen LogP contribution in [0.15, 0.2) is 0 Å². The zero-order chi connectivity index (χ0) is 65.7. The van der Waals surface area contributed by atoms with Crippen LogP contribution in [0.2, 0.25) is 0 Å². The third-order valence-electron chi connectivity index (χ3n) is 32.3. The quantitative estimate of drug-likeness (QED) is 0.165. The van der Waals surface area contributed by atoms with Crippen LogP contribution in [0.25, 0.3) is 0 Å². The Bertz CT molecular complexity index is 2790. The lowest BCUT2D eigenvalue weighted by Crippen LogP contribution is -2.60. The molecule has 520 valence electrons. The second-order valence-corrected chi connectivity index (χ2v) is 36.2. The van der Waals surface area contributed by atoms with Gasteiger partial charge in [-0.3, -0.25) is 38.4 Å². The third-order valence-corrected chi connectivity index (χ3v) is 32.3. The number of hydrogen-bond acceptors (Lipinski definition) is 9. The first-order chi connectivity index (χ1) is 42.2. The minimum Gasteiger partial charge on any atom is -0.300 e. The van der Waals surface area contributed by atoms with Crippen LogP contribution in [0.4, 0.5) is 0 Å². The Morgan fingerprint density at radius 1 is 0.402 bits per heavy atom. The fraction of sp³-hybridized carbons (Fsp3) is 0.889. The van der Waals surface area contributed by atoms with Crippen molar-refractivity contribution < 1.29 is 43.2 Å². The van der Waals surface area contributed by atoms with Crippen LogP contribution < -0.4 is 0 Å². The molecule has 12 unspecified atom stereocenters. The number of rotatable bonds is 14. The van der Waals surface area contributed by atoms with Gasteiger partial charge >= 0.3 is 0 Å². The molecule has 28 atom stereocenters. The van der Waals surface area contributed by atoms with E-state index < -0.39 is 0 Å². The molecule has 11 heteroatoms. The summed E-state index contributed by atoms with van der Waals surface area (Å²) in [5.41, 5.74) is 1.19. The molecule has 12 aliphatic carbocycles. The summed E-state index contributed by atoms with van der Waals surface area (Å²) < 4.78 is 0. The van der Waals surface area contributed by atoms with E-state index in [-0.39, 0.29) is 119 Å². The number of fused-ring (bicyclic) bond motifs is 15. The Morgan fingerprint density at radius 3 is 1.11 bits per heavy atom. The van der Waals surface area contributed by atoms with Crippen LogP contribution in [-0.4, -0.2) is 52.0 Å². The number of carbonyl (C=O) groups is 9. The lowest BCUT2D eigenvalue weighted by atomic mass is 9.42. The summed E-state index contributed by atoms with van der Waals surface area (Å²) in [4.78, 5) is 113. The molecule has 0 bridgehead atoms. The van der Waals surface area contributed by atoms with Crippen molar-refractivity contribution in [3.05, 3.63) is 0 Å². The first-order valence-corrected chi connectivity index (χ1v) is 37.9. The van der Waals surface area contributed by atoms with E-state index in [9.17, 15) is 43.2 Å². The smallest absolute Gasteiger partial charge is 0.139 e. The molecule has 0 aliphatic heterocycles. The Hall–Kier alpha value is -2.27. The van der Waals surface area contributed by atoms with E-state index in [0.29, 0.717) is 168 Å². The molecule has 0 aromatic rings. The molecule has 9 nitrogen and oxygen atoms in total. The van der Waals surface area contributed by atoms with Crippen LogP contribution in [0.1, 0.15) is 291 Å². The number of Topliss-reactive ketones (excluding diaryl/α,β-unsaturated/α-hetero) is 9. The average Bonchev–Trinajstić information content (AvgIpc) is 1.34. The monoisotopic (exact) mass is 1310 g/mol. The van der Waals surface area contributed by atoms with Gasteiger partial charge < -0.3 is 4.79 Å². The van der Waals surface area contributed by atoms with E-state index in [4.69, 9.17) is 0 Å². The summed E-state index contributed by atoms with van der Waals surface area (Å²) >= 11 is 0. The van der Waals surface area contributed by atoms with Gasteiger partial charge in [-0.25, -0.2) is 0 Å². The molecule has 0 aromatic heterocycles. The van der Waals surface area contributed by atoms with Gasteiger partial charge in [0, 0.05) is 92.8 Å². The average molecular weight is 1310 g/mol. The van der Waals surface area contributed by atoms with E-state index in [1.165, 1.54) is 57.8 Å². The first-order valence-electron chi connectivity index (χ1n) is 37.9. The molecule has 0 aromatic carbocycles. The Labute approximate surface area is 572 Å². The largest absolute Gasteiger partial charge is 0.300 e. The molecule has 12 saturated carbocycles. The Kier molecular flexibility index (Phi) is 23.4.